The molecule has 0 saturated carbocycles. The van der Waals surface area contributed by atoms with Crippen molar-refractivity contribution in [3.8, 4) is 27.9 Å². The number of carbonyl (C=O) groups is 1. The maximum Gasteiger partial charge on any atom is 0.266 e. The van der Waals surface area contributed by atoms with Crippen LogP contribution in [0.25, 0.3) is 49.6 Å². The third-order valence-corrected chi connectivity index (χ3v) is 7.15. The Labute approximate surface area is 227 Å². The SMILES string of the molecule is NC(=O)c1cccc(-c2cccc(Cl)c2-c2ccc3c(=O)n(-c4cncc5ccccc45)c(=S)[nH]c3c2)c1. The minimum absolute atomic E-state index is 0.248. The first-order valence-corrected chi connectivity index (χ1v) is 12.5. The van der Waals surface area contributed by atoms with Gasteiger partial charge in [0, 0.05) is 33.1 Å². The molecule has 6 nitrogen and oxygen atoms in total. The number of hydrogen-bond donors (Lipinski definition) is 2. The molecule has 0 bridgehead atoms. The lowest BCUT2D eigenvalue weighted by molar-refractivity contribution is 0.100. The predicted octanol–water partition coefficient (Wildman–Crippen LogP) is 6.68. The second kappa shape index (κ2) is 9.37. The van der Waals surface area contributed by atoms with Gasteiger partial charge < -0.3 is 10.7 Å². The fraction of sp³-hybridized carbons (Fsp3) is 0. The van der Waals surface area contributed by atoms with Crippen molar-refractivity contribution in [2.24, 2.45) is 5.73 Å². The molecule has 0 fully saturated rings. The summed E-state index contributed by atoms with van der Waals surface area (Å²) in [5, 5.41) is 2.78. The van der Waals surface area contributed by atoms with Crippen molar-refractivity contribution in [1.82, 2.24) is 14.5 Å². The number of rotatable bonds is 4. The van der Waals surface area contributed by atoms with Crippen molar-refractivity contribution in [3.05, 3.63) is 123 Å². The Bertz CT molecular complexity index is 2030. The average molecular weight is 535 g/mol. The van der Waals surface area contributed by atoms with E-state index in [1.165, 1.54) is 4.57 Å². The van der Waals surface area contributed by atoms with Gasteiger partial charge in [-0.05, 0) is 59.2 Å². The third kappa shape index (κ3) is 3.98. The Hall–Kier alpha value is -4.59. The summed E-state index contributed by atoms with van der Waals surface area (Å²) in [6.45, 7) is 0. The van der Waals surface area contributed by atoms with Gasteiger partial charge in [0.25, 0.3) is 5.56 Å². The van der Waals surface area contributed by atoms with Gasteiger partial charge in [0.1, 0.15) is 0 Å². The van der Waals surface area contributed by atoms with Crippen molar-refractivity contribution in [3.63, 3.8) is 0 Å². The maximum atomic E-state index is 13.7. The van der Waals surface area contributed by atoms with Crippen LogP contribution in [0.3, 0.4) is 0 Å². The van der Waals surface area contributed by atoms with E-state index in [0.29, 0.717) is 27.2 Å². The Morgan fingerprint density at radius 3 is 2.55 bits per heavy atom. The Morgan fingerprint density at radius 2 is 1.71 bits per heavy atom. The number of benzene rings is 4. The van der Waals surface area contributed by atoms with E-state index in [0.717, 1.165) is 33.0 Å². The number of carbonyl (C=O) groups excluding carboxylic acids is 1. The van der Waals surface area contributed by atoms with Gasteiger partial charge in [0.05, 0.1) is 22.8 Å². The van der Waals surface area contributed by atoms with Crippen LogP contribution in [0.15, 0.2) is 102 Å². The van der Waals surface area contributed by atoms with E-state index in [4.69, 9.17) is 29.6 Å². The molecule has 0 radical (unpaired) electrons. The fourth-order valence-corrected chi connectivity index (χ4v) is 5.34. The molecule has 0 saturated heterocycles. The van der Waals surface area contributed by atoms with Gasteiger partial charge >= 0.3 is 0 Å². The molecule has 8 heteroatoms. The first kappa shape index (κ1) is 23.8. The first-order valence-electron chi connectivity index (χ1n) is 11.7. The topological polar surface area (TPSA) is 93.8 Å². The molecule has 184 valence electrons. The minimum Gasteiger partial charge on any atom is -0.366 e. The van der Waals surface area contributed by atoms with E-state index in [-0.39, 0.29) is 10.3 Å². The molecule has 0 unspecified atom stereocenters. The molecule has 0 atom stereocenters. The highest BCUT2D eigenvalue weighted by Gasteiger charge is 2.16. The lowest BCUT2D eigenvalue weighted by atomic mass is 9.93. The number of aromatic nitrogens is 3. The molecule has 0 aliphatic heterocycles. The van der Waals surface area contributed by atoms with Crippen LogP contribution in [0.4, 0.5) is 0 Å². The number of pyridine rings is 1. The molecule has 0 aliphatic rings. The van der Waals surface area contributed by atoms with E-state index in [9.17, 15) is 9.59 Å². The first-order chi connectivity index (χ1) is 18.4. The number of aromatic amines is 1. The van der Waals surface area contributed by atoms with E-state index in [1.807, 2.05) is 54.6 Å². The molecule has 0 spiro atoms. The zero-order chi connectivity index (χ0) is 26.4. The lowest BCUT2D eigenvalue weighted by Crippen LogP contribution is -2.21. The van der Waals surface area contributed by atoms with Crippen molar-refractivity contribution < 1.29 is 4.79 Å². The Balaban J connectivity index is 1.55. The molecule has 3 N–H and O–H groups in total. The quantitative estimate of drug-likeness (QED) is 0.247. The number of amides is 1. The van der Waals surface area contributed by atoms with Gasteiger partial charge in [0.15, 0.2) is 4.77 Å². The van der Waals surface area contributed by atoms with E-state index in [2.05, 4.69) is 9.97 Å². The van der Waals surface area contributed by atoms with E-state index < -0.39 is 5.91 Å². The molecule has 0 aliphatic carbocycles. The monoisotopic (exact) mass is 534 g/mol. The third-order valence-electron chi connectivity index (χ3n) is 6.55. The number of halogens is 1. The molecule has 6 aromatic rings. The summed E-state index contributed by atoms with van der Waals surface area (Å²) in [6.07, 6.45) is 3.40. The maximum absolute atomic E-state index is 13.7. The number of nitrogens with zero attached hydrogens (tertiary/aromatic N) is 2. The zero-order valence-corrected chi connectivity index (χ0v) is 21.4. The van der Waals surface area contributed by atoms with Gasteiger partial charge in [-0.2, -0.15) is 0 Å². The summed E-state index contributed by atoms with van der Waals surface area (Å²) in [6, 6.07) is 25.9. The van der Waals surface area contributed by atoms with Crippen molar-refractivity contribution in [2.45, 2.75) is 0 Å². The molecule has 6 rings (SSSR count). The van der Waals surface area contributed by atoms with Crippen LogP contribution in [0.2, 0.25) is 5.02 Å². The van der Waals surface area contributed by atoms with Gasteiger partial charge in [-0.3, -0.25) is 19.1 Å². The van der Waals surface area contributed by atoms with Crippen LogP contribution in [0, 0.1) is 4.77 Å². The number of H-pyrrole nitrogens is 1. The number of hydrogen-bond acceptors (Lipinski definition) is 4. The van der Waals surface area contributed by atoms with Crippen LogP contribution >= 0.6 is 23.8 Å². The van der Waals surface area contributed by atoms with Crippen molar-refractivity contribution >= 4 is 51.4 Å². The average Bonchev–Trinajstić information content (AvgIpc) is 2.93. The fourth-order valence-electron chi connectivity index (χ4n) is 4.77. The summed E-state index contributed by atoms with van der Waals surface area (Å²) in [4.78, 5) is 33.0. The summed E-state index contributed by atoms with van der Waals surface area (Å²) >= 11 is 12.3. The van der Waals surface area contributed by atoms with Crippen LogP contribution in [-0.2, 0) is 0 Å². The number of nitrogens with two attached hydrogens (primary N) is 1. The van der Waals surface area contributed by atoms with Crippen LogP contribution < -0.4 is 11.3 Å². The normalized spacial score (nSPS) is 11.2. The minimum atomic E-state index is -0.508. The molecule has 4 aromatic carbocycles. The van der Waals surface area contributed by atoms with Gasteiger partial charge in [-0.1, -0.05) is 66.2 Å². The summed E-state index contributed by atoms with van der Waals surface area (Å²) in [5.41, 5.74) is 10.0. The predicted molar refractivity (Wildman–Crippen MR) is 154 cm³/mol. The number of nitrogens with one attached hydrogen (secondary N) is 1. The number of primary amides is 1. The Morgan fingerprint density at radius 1 is 0.895 bits per heavy atom. The van der Waals surface area contributed by atoms with Crippen molar-refractivity contribution in [2.75, 3.05) is 0 Å². The van der Waals surface area contributed by atoms with Gasteiger partial charge in [-0.25, -0.2) is 0 Å². The second-order valence-corrected chi connectivity index (χ2v) is 9.61. The van der Waals surface area contributed by atoms with E-state index >= 15 is 0 Å². The molecule has 38 heavy (non-hydrogen) atoms. The van der Waals surface area contributed by atoms with Crippen LogP contribution in [0.1, 0.15) is 10.4 Å². The summed E-state index contributed by atoms with van der Waals surface area (Å²) < 4.78 is 1.73. The zero-order valence-electron chi connectivity index (χ0n) is 19.8. The smallest absolute Gasteiger partial charge is 0.266 e. The lowest BCUT2D eigenvalue weighted by Gasteiger charge is -2.14. The molecular formula is C30H19ClN4O2S. The summed E-state index contributed by atoms with van der Waals surface area (Å²) in [5.74, 6) is -0.508. The summed E-state index contributed by atoms with van der Waals surface area (Å²) in [7, 11) is 0. The highest BCUT2D eigenvalue weighted by atomic mass is 35.5. The molecule has 1 amide bonds. The highest BCUT2D eigenvalue weighted by molar-refractivity contribution is 7.71. The Kier molecular flexibility index (Phi) is 5.87. The molecule has 2 aromatic heterocycles. The van der Waals surface area contributed by atoms with Gasteiger partial charge in [0.2, 0.25) is 5.91 Å². The highest BCUT2D eigenvalue weighted by Crippen LogP contribution is 2.38. The molecule has 2 heterocycles. The van der Waals surface area contributed by atoms with Crippen LogP contribution in [-0.4, -0.2) is 20.4 Å². The van der Waals surface area contributed by atoms with Gasteiger partial charge in [-0.15, -0.1) is 0 Å². The van der Waals surface area contributed by atoms with E-state index in [1.54, 1.807) is 42.7 Å². The molecular weight excluding hydrogens is 516 g/mol. The standard InChI is InChI=1S/C30H19ClN4O2S/c31-24-10-4-9-22(17-6-3-7-19(13-17)28(32)36)27(24)18-11-12-23-25(14-18)34-30(38)35(29(23)37)26-16-33-15-20-5-1-2-8-21(20)26/h1-16H,(H2,32,36)(H,34,38). The largest absolute Gasteiger partial charge is 0.366 e. The van der Waals surface area contributed by atoms with Crippen molar-refractivity contribution in [1.29, 1.82) is 0 Å². The second-order valence-electron chi connectivity index (χ2n) is 8.82. The van der Waals surface area contributed by atoms with Crippen LogP contribution in [0.5, 0.6) is 0 Å². The number of fused-ring (bicyclic) bond motifs is 2.